The highest BCUT2D eigenvalue weighted by Crippen LogP contribution is 2.22. The van der Waals surface area contributed by atoms with Crippen molar-refractivity contribution in [3.05, 3.63) is 57.0 Å². The number of nitrogens with one attached hydrogen (secondary N) is 1. The monoisotopic (exact) mass is 325 g/mol. The largest absolute Gasteiger partial charge is 0.478 e. The number of carbonyl (C=O) groups excluding carboxylic acids is 1. The summed E-state index contributed by atoms with van der Waals surface area (Å²) in [6.45, 7) is 0. The van der Waals surface area contributed by atoms with Crippen LogP contribution in [-0.4, -0.2) is 17.0 Å². The quantitative estimate of drug-likeness (QED) is 0.838. The zero-order valence-electron chi connectivity index (χ0n) is 10.5. The Morgan fingerprint density at radius 3 is 2.67 bits per heavy atom. The highest BCUT2D eigenvalue weighted by atomic mass is 35.5. The lowest BCUT2D eigenvalue weighted by atomic mass is 10.1. The Labute approximate surface area is 128 Å². The van der Waals surface area contributed by atoms with Gasteiger partial charge in [-0.05, 0) is 36.4 Å². The van der Waals surface area contributed by atoms with Crippen molar-refractivity contribution >= 4 is 46.6 Å². The van der Waals surface area contributed by atoms with Gasteiger partial charge < -0.3 is 10.4 Å². The van der Waals surface area contributed by atoms with E-state index >= 15 is 0 Å². The van der Waals surface area contributed by atoms with Crippen molar-refractivity contribution in [2.24, 2.45) is 0 Å². The van der Waals surface area contributed by atoms with Crippen LogP contribution in [0.4, 0.5) is 10.1 Å². The number of carbonyl (C=O) groups is 2. The van der Waals surface area contributed by atoms with Gasteiger partial charge in [-0.1, -0.05) is 11.6 Å². The maximum atomic E-state index is 13.0. The first-order chi connectivity index (χ1) is 9.95. The average Bonchev–Trinajstić information content (AvgIpc) is 2.84. The van der Waals surface area contributed by atoms with Gasteiger partial charge in [-0.25, -0.2) is 9.18 Å². The summed E-state index contributed by atoms with van der Waals surface area (Å²) >= 11 is 7.06. The summed E-state index contributed by atoms with van der Waals surface area (Å²) in [5, 5.41) is 11.4. The molecule has 1 amide bonds. The summed E-state index contributed by atoms with van der Waals surface area (Å²) in [5.74, 6) is -2.53. The topological polar surface area (TPSA) is 66.4 Å². The summed E-state index contributed by atoms with van der Waals surface area (Å²) in [6.07, 6.45) is 2.80. The molecule has 0 unspecified atom stereocenters. The molecule has 1 aromatic carbocycles. The van der Waals surface area contributed by atoms with Gasteiger partial charge in [0.25, 0.3) is 0 Å². The van der Waals surface area contributed by atoms with Crippen LogP contribution < -0.4 is 5.32 Å². The normalized spacial score (nSPS) is 10.8. The number of halogens is 2. The van der Waals surface area contributed by atoms with Crippen LogP contribution in [0, 0.1) is 5.82 Å². The number of carboxylic acid groups (broad SMARTS) is 1. The van der Waals surface area contributed by atoms with E-state index in [1.54, 1.807) is 18.2 Å². The Kier molecular flexibility index (Phi) is 4.72. The van der Waals surface area contributed by atoms with Gasteiger partial charge in [-0.3, -0.25) is 4.79 Å². The fraction of sp³-hybridized carbons (Fsp3) is 0. The van der Waals surface area contributed by atoms with Crippen LogP contribution in [0.25, 0.3) is 6.08 Å². The Morgan fingerprint density at radius 1 is 1.29 bits per heavy atom. The molecule has 21 heavy (non-hydrogen) atoms. The van der Waals surface area contributed by atoms with Crippen LogP contribution in [0.2, 0.25) is 4.34 Å². The molecule has 0 aliphatic heterocycles. The number of rotatable bonds is 4. The maximum Gasteiger partial charge on any atom is 0.337 e. The molecule has 2 N–H and O–H groups in total. The van der Waals surface area contributed by atoms with E-state index in [4.69, 9.17) is 16.7 Å². The van der Waals surface area contributed by atoms with Crippen LogP contribution >= 0.6 is 22.9 Å². The summed E-state index contributed by atoms with van der Waals surface area (Å²) in [7, 11) is 0. The van der Waals surface area contributed by atoms with Gasteiger partial charge in [-0.2, -0.15) is 0 Å². The Morgan fingerprint density at radius 2 is 2.05 bits per heavy atom. The van der Waals surface area contributed by atoms with E-state index in [-0.39, 0.29) is 11.3 Å². The highest BCUT2D eigenvalue weighted by Gasteiger charge is 2.12. The third kappa shape index (κ3) is 4.14. The zero-order valence-corrected chi connectivity index (χ0v) is 12.0. The van der Waals surface area contributed by atoms with Gasteiger partial charge in [0.1, 0.15) is 5.82 Å². The molecule has 0 fully saturated rings. The van der Waals surface area contributed by atoms with E-state index in [9.17, 15) is 14.0 Å². The standard InChI is InChI=1S/C14H9ClFNO3S/c15-12-5-2-9(21-12)3-6-13(18)17-11-4-1-8(16)7-10(11)14(19)20/h1-7H,(H,17,18)(H,19,20)/b6-3+. The van der Waals surface area contributed by atoms with Crippen molar-refractivity contribution in [3.63, 3.8) is 0 Å². The number of aromatic carboxylic acids is 1. The summed E-state index contributed by atoms with van der Waals surface area (Å²) in [5.41, 5.74) is -0.279. The first kappa shape index (κ1) is 15.2. The molecule has 108 valence electrons. The van der Waals surface area contributed by atoms with Crippen molar-refractivity contribution in [3.8, 4) is 0 Å². The molecule has 1 aromatic heterocycles. The van der Waals surface area contributed by atoms with Crippen molar-refractivity contribution in [1.82, 2.24) is 0 Å². The van der Waals surface area contributed by atoms with Gasteiger partial charge >= 0.3 is 5.97 Å². The van der Waals surface area contributed by atoms with Crippen molar-refractivity contribution in [2.45, 2.75) is 0 Å². The second-order valence-corrected chi connectivity index (χ2v) is 5.71. The Bertz CT molecular complexity index is 727. The van der Waals surface area contributed by atoms with E-state index in [1.807, 2.05) is 0 Å². The minimum absolute atomic E-state index is 0.0303. The lowest BCUT2D eigenvalue weighted by Gasteiger charge is -2.06. The molecule has 0 radical (unpaired) electrons. The molecule has 7 heteroatoms. The number of benzene rings is 1. The van der Waals surface area contributed by atoms with Crippen LogP contribution in [0.1, 0.15) is 15.2 Å². The molecule has 0 saturated heterocycles. The number of anilines is 1. The molecule has 0 bridgehead atoms. The van der Waals surface area contributed by atoms with E-state index < -0.39 is 17.7 Å². The second kappa shape index (κ2) is 6.51. The van der Waals surface area contributed by atoms with Crippen LogP contribution in [0.5, 0.6) is 0 Å². The number of amides is 1. The van der Waals surface area contributed by atoms with Crippen molar-refractivity contribution < 1.29 is 19.1 Å². The molecule has 0 atom stereocenters. The maximum absolute atomic E-state index is 13.0. The number of hydrogen-bond donors (Lipinski definition) is 2. The highest BCUT2D eigenvalue weighted by molar-refractivity contribution is 7.17. The molecular weight excluding hydrogens is 317 g/mol. The first-order valence-corrected chi connectivity index (χ1v) is 6.92. The molecule has 0 spiro atoms. The van der Waals surface area contributed by atoms with E-state index in [2.05, 4.69) is 5.32 Å². The van der Waals surface area contributed by atoms with E-state index in [1.165, 1.54) is 23.5 Å². The average molecular weight is 326 g/mol. The second-order valence-electron chi connectivity index (χ2n) is 3.96. The lowest BCUT2D eigenvalue weighted by molar-refractivity contribution is -0.111. The van der Waals surface area contributed by atoms with Gasteiger partial charge in [0, 0.05) is 11.0 Å². The zero-order chi connectivity index (χ0) is 15.4. The molecular formula is C14H9ClFNO3S. The molecule has 1 heterocycles. The van der Waals surface area contributed by atoms with Crippen LogP contribution in [-0.2, 0) is 4.79 Å². The third-order valence-electron chi connectivity index (χ3n) is 2.46. The van der Waals surface area contributed by atoms with E-state index in [0.29, 0.717) is 4.34 Å². The number of carboxylic acids is 1. The summed E-state index contributed by atoms with van der Waals surface area (Å²) in [6, 6.07) is 6.57. The minimum atomic E-state index is -1.32. The molecule has 2 aromatic rings. The van der Waals surface area contributed by atoms with Gasteiger partial charge in [-0.15, -0.1) is 11.3 Å². The van der Waals surface area contributed by atoms with Crippen LogP contribution in [0.15, 0.2) is 36.4 Å². The summed E-state index contributed by atoms with van der Waals surface area (Å²) in [4.78, 5) is 23.5. The predicted octanol–water partition coefficient (Wildman–Crippen LogP) is 3.89. The van der Waals surface area contributed by atoms with Gasteiger partial charge in [0.15, 0.2) is 0 Å². The van der Waals surface area contributed by atoms with Gasteiger partial charge in [0.2, 0.25) is 5.91 Å². The van der Waals surface area contributed by atoms with Crippen molar-refractivity contribution in [1.29, 1.82) is 0 Å². The lowest BCUT2D eigenvalue weighted by Crippen LogP contribution is -2.12. The Hall–Kier alpha value is -2.18. The van der Waals surface area contributed by atoms with Crippen LogP contribution in [0.3, 0.4) is 0 Å². The number of hydrogen-bond acceptors (Lipinski definition) is 3. The molecule has 0 aliphatic carbocycles. The minimum Gasteiger partial charge on any atom is -0.478 e. The molecule has 0 aliphatic rings. The first-order valence-electron chi connectivity index (χ1n) is 5.73. The molecule has 4 nitrogen and oxygen atoms in total. The Balaban J connectivity index is 2.13. The fourth-order valence-corrected chi connectivity index (χ4v) is 2.52. The predicted molar refractivity (Wildman–Crippen MR) is 80.4 cm³/mol. The SMILES string of the molecule is O=C(/C=C/c1ccc(Cl)s1)Nc1ccc(F)cc1C(=O)O. The fourth-order valence-electron chi connectivity index (χ4n) is 1.55. The molecule has 2 rings (SSSR count). The third-order valence-corrected chi connectivity index (χ3v) is 3.66. The van der Waals surface area contributed by atoms with Crippen molar-refractivity contribution in [2.75, 3.05) is 5.32 Å². The molecule has 0 saturated carbocycles. The van der Waals surface area contributed by atoms with E-state index in [0.717, 1.165) is 17.0 Å². The van der Waals surface area contributed by atoms with Gasteiger partial charge in [0.05, 0.1) is 15.6 Å². The number of thiophene rings is 1. The summed E-state index contributed by atoms with van der Waals surface area (Å²) < 4.78 is 13.6. The smallest absolute Gasteiger partial charge is 0.337 e.